The van der Waals surface area contributed by atoms with Gasteiger partial charge in [-0.15, -0.1) is 0 Å². The monoisotopic (exact) mass is 355 g/mol. The van der Waals surface area contributed by atoms with Gasteiger partial charge in [0.2, 0.25) is 0 Å². The van der Waals surface area contributed by atoms with Crippen LogP contribution in [0.25, 0.3) is 0 Å². The molecule has 2 rings (SSSR count). The molecule has 1 heterocycles. The molecule has 0 atom stereocenters. The fourth-order valence-corrected chi connectivity index (χ4v) is 2.33. The summed E-state index contributed by atoms with van der Waals surface area (Å²) < 4.78 is 10.8. The number of benzene rings is 1. The number of ether oxygens (including phenoxy) is 1. The van der Waals surface area contributed by atoms with Gasteiger partial charge in [0.15, 0.2) is 5.96 Å². The van der Waals surface area contributed by atoms with Crippen LogP contribution in [-0.2, 0) is 17.9 Å². The number of aliphatic imine (C=N–C) groups is 1. The Balaban J connectivity index is 1.63. The van der Waals surface area contributed by atoms with Crippen molar-refractivity contribution in [1.29, 1.82) is 0 Å². The van der Waals surface area contributed by atoms with Crippen molar-refractivity contribution in [2.24, 2.45) is 4.99 Å². The summed E-state index contributed by atoms with van der Waals surface area (Å²) in [5.74, 6) is 1.54. The minimum atomic E-state index is 0.441. The van der Waals surface area contributed by atoms with Gasteiger partial charge in [-0.1, -0.05) is 29.3 Å². The average molecular weight is 356 g/mol. The molecule has 124 valence electrons. The molecule has 7 heteroatoms. The Morgan fingerprint density at radius 3 is 2.83 bits per heavy atom. The molecule has 0 aliphatic heterocycles. The third-order valence-corrected chi connectivity index (χ3v) is 3.63. The Labute approximate surface area is 145 Å². The number of hydrogen-bond donors (Lipinski definition) is 2. The zero-order chi connectivity index (χ0) is 16.5. The Morgan fingerprint density at radius 1 is 1.26 bits per heavy atom. The van der Waals surface area contributed by atoms with Gasteiger partial charge in [-0.3, -0.25) is 4.99 Å². The number of halogens is 2. The molecule has 23 heavy (non-hydrogen) atoms. The normalized spacial score (nSPS) is 11.5. The first-order valence-electron chi connectivity index (χ1n) is 7.17. The Hall–Kier alpha value is -1.69. The molecule has 1 aromatic heterocycles. The van der Waals surface area contributed by atoms with Crippen LogP contribution in [0.5, 0.6) is 0 Å². The maximum absolute atomic E-state index is 6.09. The van der Waals surface area contributed by atoms with Gasteiger partial charge in [-0.05, 0) is 29.8 Å². The topological polar surface area (TPSA) is 58.8 Å². The van der Waals surface area contributed by atoms with Gasteiger partial charge >= 0.3 is 0 Å². The number of nitrogens with zero attached hydrogens (tertiary/aromatic N) is 1. The fourth-order valence-electron chi connectivity index (χ4n) is 1.87. The first-order chi connectivity index (χ1) is 11.2. The van der Waals surface area contributed by atoms with E-state index >= 15 is 0 Å². The Bertz CT molecular complexity index is 630. The van der Waals surface area contributed by atoms with E-state index in [0.717, 1.165) is 11.3 Å². The van der Waals surface area contributed by atoms with Gasteiger partial charge in [0.25, 0.3) is 0 Å². The highest BCUT2D eigenvalue weighted by atomic mass is 35.5. The minimum Gasteiger partial charge on any atom is -0.467 e. The quantitative estimate of drug-likeness (QED) is 0.453. The molecule has 0 saturated carbocycles. The number of guanidine groups is 1. The van der Waals surface area contributed by atoms with E-state index < -0.39 is 0 Å². The average Bonchev–Trinajstić information content (AvgIpc) is 3.05. The van der Waals surface area contributed by atoms with Crippen LogP contribution < -0.4 is 10.6 Å². The predicted molar refractivity (Wildman–Crippen MR) is 93.0 cm³/mol. The van der Waals surface area contributed by atoms with E-state index in [0.29, 0.717) is 42.3 Å². The first kappa shape index (κ1) is 17.7. The van der Waals surface area contributed by atoms with Gasteiger partial charge in [0, 0.05) is 23.6 Å². The zero-order valence-corrected chi connectivity index (χ0v) is 14.3. The molecule has 0 spiro atoms. The molecular formula is C16H19Cl2N3O2. The van der Waals surface area contributed by atoms with Crippen molar-refractivity contribution in [2.45, 2.75) is 13.2 Å². The summed E-state index contributed by atoms with van der Waals surface area (Å²) >= 11 is 11.9. The van der Waals surface area contributed by atoms with Crippen molar-refractivity contribution in [3.63, 3.8) is 0 Å². The molecule has 0 unspecified atom stereocenters. The fraction of sp³-hybridized carbons (Fsp3) is 0.312. The van der Waals surface area contributed by atoms with Crippen molar-refractivity contribution >= 4 is 29.2 Å². The Morgan fingerprint density at radius 2 is 2.13 bits per heavy atom. The SMILES string of the molecule is CN=C(NCCOCc1ccc(Cl)cc1Cl)NCc1ccco1. The van der Waals surface area contributed by atoms with Gasteiger partial charge in [-0.25, -0.2) is 0 Å². The number of hydrogen-bond acceptors (Lipinski definition) is 3. The summed E-state index contributed by atoms with van der Waals surface area (Å²) in [6.45, 7) is 2.17. The van der Waals surface area contributed by atoms with Gasteiger partial charge < -0.3 is 19.8 Å². The van der Waals surface area contributed by atoms with E-state index in [4.69, 9.17) is 32.4 Å². The summed E-state index contributed by atoms with van der Waals surface area (Å²) in [5.41, 5.74) is 0.913. The van der Waals surface area contributed by atoms with Crippen LogP contribution in [-0.4, -0.2) is 26.2 Å². The van der Waals surface area contributed by atoms with Crippen LogP contribution >= 0.6 is 23.2 Å². The van der Waals surface area contributed by atoms with E-state index in [1.54, 1.807) is 25.4 Å². The summed E-state index contributed by atoms with van der Waals surface area (Å²) in [7, 11) is 1.71. The van der Waals surface area contributed by atoms with Crippen LogP contribution in [0.1, 0.15) is 11.3 Å². The van der Waals surface area contributed by atoms with Crippen LogP contribution in [0.3, 0.4) is 0 Å². The largest absolute Gasteiger partial charge is 0.467 e. The van der Waals surface area contributed by atoms with Crippen molar-refractivity contribution in [2.75, 3.05) is 20.2 Å². The molecule has 0 saturated heterocycles. The molecular weight excluding hydrogens is 337 g/mol. The molecule has 2 aromatic rings. The second-order valence-corrected chi connectivity index (χ2v) is 5.56. The number of rotatable bonds is 7. The van der Waals surface area contributed by atoms with Crippen LogP contribution in [0.4, 0.5) is 0 Å². The van der Waals surface area contributed by atoms with Crippen molar-refractivity contribution in [3.05, 3.63) is 58.0 Å². The van der Waals surface area contributed by atoms with Crippen molar-refractivity contribution < 1.29 is 9.15 Å². The lowest BCUT2D eigenvalue weighted by molar-refractivity contribution is 0.125. The van der Waals surface area contributed by atoms with E-state index in [1.807, 2.05) is 18.2 Å². The number of furan rings is 1. The van der Waals surface area contributed by atoms with E-state index in [2.05, 4.69) is 15.6 Å². The summed E-state index contributed by atoms with van der Waals surface area (Å²) in [6, 6.07) is 9.12. The van der Waals surface area contributed by atoms with Crippen molar-refractivity contribution in [1.82, 2.24) is 10.6 Å². The molecule has 0 amide bonds. The van der Waals surface area contributed by atoms with Crippen LogP contribution in [0.15, 0.2) is 46.0 Å². The molecule has 2 N–H and O–H groups in total. The standard InChI is InChI=1S/C16H19Cl2N3O2/c1-19-16(21-10-14-3-2-7-23-14)20-6-8-22-11-12-4-5-13(17)9-15(12)18/h2-5,7,9H,6,8,10-11H2,1H3,(H2,19,20,21). The van der Waals surface area contributed by atoms with E-state index in [1.165, 1.54) is 0 Å². The molecule has 1 aromatic carbocycles. The highest BCUT2D eigenvalue weighted by molar-refractivity contribution is 6.35. The van der Waals surface area contributed by atoms with E-state index in [-0.39, 0.29) is 0 Å². The molecule has 0 bridgehead atoms. The van der Waals surface area contributed by atoms with E-state index in [9.17, 15) is 0 Å². The Kier molecular flexibility index (Phi) is 7.26. The minimum absolute atomic E-state index is 0.441. The van der Waals surface area contributed by atoms with Crippen LogP contribution in [0, 0.1) is 0 Å². The highest BCUT2D eigenvalue weighted by Crippen LogP contribution is 2.21. The van der Waals surface area contributed by atoms with Gasteiger partial charge in [0.05, 0.1) is 26.0 Å². The number of nitrogens with one attached hydrogen (secondary N) is 2. The highest BCUT2D eigenvalue weighted by Gasteiger charge is 2.02. The lowest BCUT2D eigenvalue weighted by Gasteiger charge is -2.11. The third kappa shape index (κ3) is 6.14. The smallest absolute Gasteiger partial charge is 0.191 e. The lowest BCUT2D eigenvalue weighted by Crippen LogP contribution is -2.38. The predicted octanol–water partition coefficient (Wildman–Crippen LogP) is 3.47. The molecule has 0 aliphatic carbocycles. The maximum Gasteiger partial charge on any atom is 0.191 e. The molecule has 5 nitrogen and oxygen atoms in total. The lowest BCUT2D eigenvalue weighted by atomic mass is 10.2. The maximum atomic E-state index is 6.09. The molecule has 0 aliphatic rings. The summed E-state index contributed by atoms with van der Waals surface area (Å²) in [6.07, 6.45) is 1.64. The van der Waals surface area contributed by atoms with Gasteiger partial charge in [0.1, 0.15) is 5.76 Å². The first-order valence-corrected chi connectivity index (χ1v) is 7.93. The summed E-state index contributed by atoms with van der Waals surface area (Å²) in [5, 5.41) is 7.54. The van der Waals surface area contributed by atoms with Gasteiger partial charge in [-0.2, -0.15) is 0 Å². The zero-order valence-electron chi connectivity index (χ0n) is 12.8. The molecule has 0 radical (unpaired) electrons. The summed E-state index contributed by atoms with van der Waals surface area (Å²) in [4.78, 5) is 4.13. The van der Waals surface area contributed by atoms with Crippen molar-refractivity contribution in [3.8, 4) is 0 Å². The van der Waals surface area contributed by atoms with Crippen LogP contribution in [0.2, 0.25) is 10.0 Å². The second-order valence-electron chi connectivity index (χ2n) is 4.72. The third-order valence-electron chi connectivity index (χ3n) is 3.05. The molecule has 0 fully saturated rings. The second kappa shape index (κ2) is 9.45.